The van der Waals surface area contributed by atoms with Gasteiger partial charge in [0.1, 0.15) is 11.5 Å². The largest absolute Gasteiger partial charge is 0.481 e. The third-order valence-electron chi connectivity index (χ3n) is 6.38. The number of hydrogen-bond donors (Lipinski definition) is 2. The highest BCUT2D eigenvalue weighted by Gasteiger charge is 2.17. The number of anilines is 2. The van der Waals surface area contributed by atoms with Crippen LogP contribution in [0, 0.1) is 13.8 Å². The number of nitrogens with one attached hydrogen (secondary N) is 2. The molecule has 0 saturated carbocycles. The van der Waals surface area contributed by atoms with Gasteiger partial charge < -0.3 is 20.1 Å². The molecule has 0 aliphatic heterocycles. The quantitative estimate of drug-likeness (QED) is 0.243. The normalized spacial score (nSPS) is 12.2. The Bertz CT molecular complexity index is 1310. The van der Waals surface area contributed by atoms with Crippen molar-refractivity contribution in [1.82, 2.24) is 0 Å². The zero-order valence-electron chi connectivity index (χ0n) is 22.7. The number of amides is 2. The number of rotatable bonds is 10. The highest BCUT2D eigenvalue weighted by molar-refractivity contribution is 5.94. The SMILES string of the molecule is Cc1ccccc1OC(C)C(=O)Nc1ccc(Cc2ccc(NC(=O)C(C)Oc3ccccc3C)cc2)cc1. The molecule has 0 saturated heterocycles. The molecular formula is C33H34N2O4. The first kappa shape index (κ1) is 27.5. The summed E-state index contributed by atoms with van der Waals surface area (Å²) in [6.45, 7) is 7.37. The van der Waals surface area contributed by atoms with Gasteiger partial charge in [-0.2, -0.15) is 0 Å². The van der Waals surface area contributed by atoms with Gasteiger partial charge in [-0.1, -0.05) is 60.7 Å². The first-order valence-electron chi connectivity index (χ1n) is 13.0. The molecule has 6 nitrogen and oxygen atoms in total. The molecule has 2 unspecified atom stereocenters. The Morgan fingerprint density at radius 1 is 0.590 bits per heavy atom. The van der Waals surface area contributed by atoms with Gasteiger partial charge in [-0.15, -0.1) is 0 Å². The van der Waals surface area contributed by atoms with Crippen molar-refractivity contribution in [3.05, 3.63) is 119 Å². The number of hydrogen-bond acceptors (Lipinski definition) is 4. The summed E-state index contributed by atoms with van der Waals surface area (Å²) in [6.07, 6.45) is -0.522. The molecule has 4 rings (SSSR count). The smallest absolute Gasteiger partial charge is 0.265 e. The van der Waals surface area contributed by atoms with Crippen molar-refractivity contribution in [3.8, 4) is 11.5 Å². The lowest BCUT2D eigenvalue weighted by molar-refractivity contribution is -0.122. The van der Waals surface area contributed by atoms with Crippen molar-refractivity contribution in [2.75, 3.05) is 10.6 Å². The van der Waals surface area contributed by atoms with Crippen LogP contribution in [0.2, 0.25) is 0 Å². The molecule has 0 aliphatic rings. The second-order valence-corrected chi connectivity index (χ2v) is 9.60. The molecule has 4 aromatic carbocycles. The van der Waals surface area contributed by atoms with Crippen LogP contribution >= 0.6 is 0 Å². The summed E-state index contributed by atoms with van der Waals surface area (Å²) >= 11 is 0. The molecular weight excluding hydrogens is 488 g/mol. The van der Waals surface area contributed by atoms with Gasteiger partial charge >= 0.3 is 0 Å². The summed E-state index contributed by atoms with van der Waals surface area (Å²) in [4.78, 5) is 25.2. The maximum atomic E-state index is 12.6. The number of carbonyl (C=O) groups is 2. The van der Waals surface area contributed by atoms with Gasteiger partial charge in [0.05, 0.1) is 0 Å². The number of carbonyl (C=O) groups excluding carboxylic acids is 2. The molecule has 0 aromatic heterocycles. The van der Waals surface area contributed by atoms with E-state index in [4.69, 9.17) is 9.47 Å². The van der Waals surface area contributed by atoms with Crippen LogP contribution in [0.15, 0.2) is 97.1 Å². The van der Waals surface area contributed by atoms with Gasteiger partial charge in [-0.25, -0.2) is 0 Å². The highest BCUT2D eigenvalue weighted by atomic mass is 16.5. The Labute approximate surface area is 230 Å². The topological polar surface area (TPSA) is 76.7 Å². The molecule has 4 aromatic rings. The molecule has 2 atom stereocenters. The maximum absolute atomic E-state index is 12.6. The Morgan fingerprint density at radius 3 is 1.31 bits per heavy atom. The Balaban J connectivity index is 1.27. The van der Waals surface area contributed by atoms with E-state index in [2.05, 4.69) is 10.6 Å². The van der Waals surface area contributed by atoms with Crippen molar-refractivity contribution >= 4 is 23.2 Å². The van der Waals surface area contributed by atoms with Crippen LogP contribution < -0.4 is 20.1 Å². The van der Waals surface area contributed by atoms with Crippen molar-refractivity contribution in [2.24, 2.45) is 0 Å². The van der Waals surface area contributed by atoms with Gasteiger partial charge in [0.2, 0.25) is 0 Å². The standard InChI is InChI=1S/C33H34N2O4/c1-22-9-5-7-11-30(22)38-24(3)32(36)34-28-17-13-26(14-18-28)21-27-15-19-29(20-16-27)35-33(37)25(4)39-31-12-8-6-10-23(31)2/h5-20,24-25H,21H2,1-4H3,(H,34,36)(H,35,37). The summed E-state index contributed by atoms with van der Waals surface area (Å²) < 4.78 is 11.6. The third kappa shape index (κ3) is 7.71. The van der Waals surface area contributed by atoms with Crippen LogP contribution in [-0.4, -0.2) is 24.0 Å². The van der Waals surface area contributed by atoms with Gasteiger partial charge in [-0.05, 0) is 92.8 Å². The fourth-order valence-corrected chi connectivity index (χ4v) is 4.00. The van der Waals surface area contributed by atoms with E-state index in [1.54, 1.807) is 13.8 Å². The van der Waals surface area contributed by atoms with Gasteiger partial charge in [0.25, 0.3) is 11.8 Å². The number of aryl methyl sites for hydroxylation is 2. The van der Waals surface area contributed by atoms with Crippen LogP contribution in [0.25, 0.3) is 0 Å². The van der Waals surface area contributed by atoms with Crippen molar-refractivity contribution < 1.29 is 19.1 Å². The van der Waals surface area contributed by atoms with Gasteiger partial charge in [0, 0.05) is 11.4 Å². The van der Waals surface area contributed by atoms with Crippen molar-refractivity contribution in [1.29, 1.82) is 0 Å². The predicted molar refractivity (Wildman–Crippen MR) is 155 cm³/mol. The first-order valence-corrected chi connectivity index (χ1v) is 13.0. The third-order valence-corrected chi connectivity index (χ3v) is 6.38. The molecule has 6 heteroatoms. The lowest BCUT2D eigenvalue weighted by Gasteiger charge is -2.16. The average Bonchev–Trinajstić information content (AvgIpc) is 2.93. The number of ether oxygens (including phenoxy) is 2. The van der Waals surface area contributed by atoms with E-state index >= 15 is 0 Å². The zero-order valence-corrected chi connectivity index (χ0v) is 22.7. The van der Waals surface area contributed by atoms with Gasteiger partial charge in [0.15, 0.2) is 12.2 Å². The van der Waals surface area contributed by atoms with Crippen LogP contribution in [0.4, 0.5) is 11.4 Å². The summed E-state index contributed by atoms with van der Waals surface area (Å²) in [5, 5.41) is 5.82. The Kier molecular flexibility index (Phi) is 9.00. The van der Waals surface area contributed by atoms with Crippen LogP contribution in [0.3, 0.4) is 0 Å². The molecule has 0 radical (unpaired) electrons. The lowest BCUT2D eigenvalue weighted by atomic mass is 10.0. The second kappa shape index (κ2) is 12.8. The van der Waals surface area contributed by atoms with E-state index in [0.717, 1.165) is 28.7 Å². The fourth-order valence-electron chi connectivity index (χ4n) is 4.00. The molecule has 0 spiro atoms. The van der Waals surface area contributed by atoms with Crippen molar-refractivity contribution in [2.45, 2.75) is 46.3 Å². The van der Waals surface area contributed by atoms with Crippen LogP contribution in [0.5, 0.6) is 11.5 Å². The highest BCUT2D eigenvalue weighted by Crippen LogP contribution is 2.21. The molecule has 2 amide bonds. The first-order chi connectivity index (χ1) is 18.8. The summed E-state index contributed by atoms with van der Waals surface area (Å²) in [5.74, 6) is 0.988. The van der Waals surface area contributed by atoms with Crippen LogP contribution in [0.1, 0.15) is 36.1 Å². The fraction of sp³-hybridized carbons (Fsp3) is 0.212. The minimum Gasteiger partial charge on any atom is -0.481 e. The van der Waals surface area contributed by atoms with Crippen molar-refractivity contribution in [3.63, 3.8) is 0 Å². The summed E-state index contributed by atoms with van der Waals surface area (Å²) in [5.41, 5.74) is 5.61. The van der Waals surface area contributed by atoms with E-state index in [1.807, 2.05) is 111 Å². The summed E-state index contributed by atoms with van der Waals surface area (Å²) in [6, 6.07) is 30.8. The molecule has 0 fully saturated rings. The molecule has 0 aliphatic carbocycles. The Hall–Kier alpha value is -4.58. The molecule has 0 bridgehead atoms. The van der Waals surface area contributed by atoms with E-state index < -0.39 is 12.2 Å². The second-order valence-electron chi connectivity index (χ2n) is 9.60. The predicted octanol–water partition coefficient (Wildman–Crippen LogP) is 6.71. The molecule has 39 heavy (non-hydrogen) atoms. The van der Waals surface area contributed by atoms with Gasteiger partial charge in [-0.3, -0.25) is 9.59 Å². The Morgan fingerprint density at radius 2 is 0.949 bits per heavy atom. The lowest BCUT2D eigenvalue weighted by Crippen LogP contribution is -2.30. The van der Waals surface area contributed by atoms with E-state index in [9.17, 15) is 9.59 Å². The number of para-hydroxylation sites is 2. The number of benzene rings is 4. The zero-order chi connectivity index (χ0) is 27.8. The minimum absolute atomic E-state index is 0.206. The van der Waals surface area contributed by atoms with E-state index in [-0.39, 0.29) is 11.8 Å². The average molecular weight is 523 g/mol. The summed E-state index contributed by atoms with van der Waals surface area (Å²) in [7, 11) is 0. The van der Waals surface area contributed by atoms with E-state index in [0.29, 0.717) is 22.9 Å². The monoisotopic (exact) mass is 522 g/mol. The minimum atomic E-state index is -0.623. The van der Waals surface area contributed by atoms with Crippen LogP contribution in [-0.2, 0) is 16.0 Å². The van der Waals surface area contributed by atoms with E-state index in [1.165, 1.54) is 0 Å². The molecule has 200 valence electrons. The molecule has 2 N–H and O–H groups in total. The molecule has 0 heterocycles. The maximum Gasteiger partial charge on any atom is 0.265 e.